The predicted octanol–water partition coefficient (Wildman–Crippen LogP) is 2.00. The van der Waals surface area contributed by atoms with Gasteiger partial charge in [0.2, 0.25) is 0 Å². The molecule has 0 atom stereocenters. The zero-order chi connectivity index (χ0) is 12.6. The van der Waals surface area contributed by atoms with Crippen LogP contribution in [0.25, 0.3) is 5.65 Å². The summed E-state index contributed by atoms with van der Waals surface area (Å²) < 4.78 is 6.77. The van der Waals surface area contributed by atoms with Crippen LogP contribution >= 0.6 is 0 Å². The molecule has 2 aromatic heterocycles. The molecule has 0 fully saturated rings. The molecule has 2 heterocycles. The zero-order valence-corrected chi connectivity index (χ0v) is 9.97. The Hall–Kier alpha value is -2.04. The van der Waals surface area contributed by atoms with Crippen LogP contribution in [0.3, 0.4) is 0 Å². The molecule has 0 saturated carbocycles. The van der Waals surface area contributed by atoms with E-state index in [4.69, 9.17) is 4.74 Å². The van der Waals surface area contributed by atoms with Gasteiger partial charge in [-0.2, -0.15) is 0 Å². The van der Waals surface area contributed by atoms with Crippen LogP contribution in [0.4, 0.5) is 0 Å². The third-order valence-corrected chi connectivity index (χ3v) is 2.07. The Balaban J connectivity index is 2.37. The summed E-state index contributed by atoms with van der Waals surface area (Å²) in [6.07, 6.45) is 3.24. The van der Waals surface area contributed by atoms with Gasteiger partial charge in [-0.1, -0.05) is 0 Å². The number of pyridine rings is 1. The number of hydrogen-bond donors (Lipinski definition) is 1. The van der Waals surface area contributed by atoms with E-state index in [1.807, 2.05) is 0 Å². The van der Waals surface area contributed by atoms with Gasteiger partial charge in [0.25, 0.3) is 0 Å². The zero-order valence-electron chi connectivity index (χ0n) is 9.97. The van der Waals surface area contributed by atoms with Crippen LogP contribution in [0.5, 0.6) is 5.75 Å². The second-order valence-electron chi connectivity index (χ2n) is 4.75. The van der Waals surface area contributed by atoms with Gasteiger partial charge in [-0.05, 0) is 32.9 Å². The molecular weight excluding hydrogens is 220 g/mol. The van der Waals surface area contributed by atoms with E-state index in [2.05, 4.69) is 4.98 Å². The SMILES string of the molecule is CC(C)(C)OC(=O)c1cn2cccc(O)c2n1. The molecule has 5 nitrogen and oxygen atoms in total. The summed E-state index contributed by atoms with van der Waals surface area (Å²) in [5, 5.41) is 9.56. The fourth-order valence-electron chi connectivity index (χ4n) is 1.43. The first kappa shape index (κ1) is 11.4. The van der Waals surface area contributed by atoms with Gasteiger partial charge in [-0.3, -0.25) is 0 Å². The van der Waals surface area contributed by atoms with Crippen molar-refractivity contribution in [3.8, 4) is 5.75 Å². The normalized spacial score (nSPS) is 11.7. The van der Waals surface area contributed by atoms with E-state index >= 15 is 0 Å². The first-order chi connectivity index (χ1) is 7.87. The van der Waals surface area contributed by atoms with Crippen LogP contribution in [0.2, 0.25) is 0 Å². The Morgan fingerprint density at radius 1 is 1.47 bits per heavy atom. The number of nitrogens with zero attached hydrogens (tertiary/aromatic N) is 2. The lowest BCUT2D eigenvalue weighted by Crippen LogP contribution is -2.24. The van der Waals surface area contributed by atoms with Crippen LogP contribution in [-0.2, 0) is 4.74 Å². The van der Waals surface area contributed by atoms with E-state index in [0.29, 0.717) is 5.65 Å². The molecule has 0 saturated heterocycles. The first-order valence-electron chi connectivity index (χ1n) is 5.27. The maximum atomic E-state index is 11.8. The highest BCUT2D eigenvalue weighted by molar-refractivity contribution is 5.88. The minimum absolute atomic E-state index is 0.0299. The van der Waals surface area contributed by atoms with Crippen LogP contribution in [-0.4, -0.2) is 26.1 Å². The Morgan fingerprint density at radius 2 is 2.18 bits per heavy atom. The van der Waals surface area contributed by atoms with E-state index in [-0.39, 0.29) is 11.4 Å². The number of ether oxygens (including phenoxy) is 1. The van der Waals surface area contributed by atoms with E-state index in [1.165, 1.54) is 12.3 Å². The molecule has 0 aliphatic carbocycles. The standard InChI is InChI=1S/C12H14N2O3/c1-12(2,3)17-11(16)8-7-14-6-4-5-9(15)10(14)13-8/h4-7,15H,1-3H3. The number of fused-ring (bicyclic) bond motifs is 1. The van der Waals surface area contributed by atoms with E-state index in [0.717, 1.165) is 0 Å². The second kappa shape index (κ2) is 3.76. The molecule has 0 amide bonds. The predicted molar refractivity (Wildman–Crippen MR) is 62.0 cm³/mol. The quantitative estimate of drug-likeness (QED) is 0.766. The first-order valence-corrected chi connectivity index (χ1v) is 5.27. The van der Waals surface area contributed by atoms with Gasteiger partial charge in [0.1, 0.15) is 5.60 Å². The molecular formula is C12H14N2O3. The summed E-state index contributed by atoms with van der Waals surface area (Å²) in [6.45, 7) is 5.37. The number of hydrogen-bond acceptors (Lipinski definition) is 4. The minimum atomic E-state index is -0.561. The number of esters is 1. The summed E-state index contributed by atoms with van der Waals surface area (Å²) >= 11 is 0. The number of rotatable bonds is 1. The van der Waals surface area contributed by atoms with Gasteiger partial charge in [0, 0.05) is 12.4 Å². The van der Waals surface area contributed by atoms with Gasteiger partial charge < -0.3 is 14.2 Å². The van der Waals surface area contributed by atoms with E-state index < -0.39 is 11.6 Å². The molecule has 17 heavy (non-hydrogen) atoms. The number of imidazole rings is 1. The third-order valence-electron chi connectivity index (χ3n) is 2.07. The topological polar surface area (TPSA) is 63.8 Å². The van der Waals surface area contributed by atoms with Crippen molar-refractivity contribution in [1.29, 1.82) is 0 Å². The highest BCUT2D eigenvalue weighted by Gasteiger charge is 2.20. The van der Waals surface area contributed by atoms with Crippen molar-refractivity contribution in [2.75, 3.05) is 0 Å². The smallest absolute Gasteiger partial charge is 0.359 e. The number of aromatic nitrogens is 2. The molecule has 5 heteroatoms. The van der Waals surface area contributed by atoms with Crippen molar-refractivity contribution in [1.82, 2.24) is 9.38 Å². The minimum Gasteiger partial charge on any atom is -0.504 e. The van der Waals surface area contributed by atoms with E-state index in [1.54, 1.807) is 37.4 Å². The van der Waals surface area contributed by atoms with Crippen LogP contribution < -0.4 is 0 Å². The molecule has 0 aliphatic heterocycles. The van der Waals surface area contributed by atoms with Crippen LogP contribution in [0.15, 0.2) is 24.5 Å². The lowest BCUT2D eigenvalue weighted by atomic mass is 10.2. The highest BCUT2D eigenvalue weighted by Crippen LogP contribution is 2.18. The average molecular weight is 234 g/mol. The van der Waals surface area contributed by atoms with Gasteiger partial charge in [0.15, 0.2) is 17.1 Å². The van der Waals surface area contributed by atoms with Gasteiger partial charge in [-0.25, -0.2) is 9.78 Å². The summed E-state index contributed by atoms with van der Waals surface area (Å²) in [5.74, 6) is -0.470. The summed E-state index contributed by atoms with van der Waals surface area (Å²) in [6, 6.07) is 3.18. The maximum absolute atomic E-state index is 11.8. The molecule has 2 rings (SSSR count). The van der Waals surface area contributed by atoms with Crippen molar-refractivity contribution in [2.45, 2.75) is 26.4 Å². The van der Waals surface area contributed by atoms with Crippen molar-refractivity contribution in [3.63, 3.8) is 0 Å². The summed E-state index contributed by atoms with van der Waals surface area (Å²) in [7, 11) is 0. The maximum Gasteiger partial charge on any atom is 0.359 e. The molecule has 90 valence electrons. The molecule has 0 aromatic carbocycles. The molecule has 0 unspecified atom stereocenters. The Bertz CT molecular complexity index is 567. The van der Waals surface area contributed by atoms with Gasteiger partial charge >= 0.3 is 5.97 Å². The molecule has 0 spiro atoms. The van der Waals surface area contributed by atoms with Crippen molar-refractivity contribution in [3.05, 3.63) is 30.2 Å². The lowest BCUT2D eigenvalue weighted by molar-refractivity contribution is 0.00636. The fourth-order valence-corrected chi connectivity index (χ4v) is 1.43. The van der Waals surface area contributed by atoms with Gasteiger partial charge in [0.05, 0.1) is 0 Å². The largest absolute Gasteiger partial charge is 0.504 e. The molecule has 2 aromatic rings. The molecule has 1 N–H and O–H groups in total. The monoisotopic (exact) mass is 234 g/mol. The van der Waals surface area contributed by atoms with Crippen molar-refractivity contribution in [2.24, 2.45) is 0 Å². The van der Waals surface area contributed by atoms with Crippen LogP contribution in [0, 0.1) is 0 Å². The Morgan fingerprint density at radius 3 is 2.76 bits per heavy atom. The third kappa shape index (κ3) is 2.38. The summed E-state index contributed by atoms with van der Waals surface area (Å²) in [5.41, 5.74) is -0.0376. The van der Waals surface area contributed by atoms with Crippen LogP contribution in [0.1, 0.15) is 31.3 Å². The molecule has 0 bridgehead atoms. The van der Waals surface area contributed by atoms with Gasteiger partial charge in [-0.15, -0.1) is 0 Å². The summed E-state index contributed by atoms with van der Waals surface area (Å²) in [4.78, 5) is 15.8. The Labute approximate surface area is 98.7 Å². The lowest BCUT2D eigenvalue weighted by Gasteiger charge is -2.18. The number of carbonyl (C=O) groups excluding carboxylic acids is 1. The number of aromatic hydroxyl groups is 1. The molecule has 0 radical (unpaired) electrons. The number of carbonyl (C=O) groups is 1. The molecule has 0 aliphatic rings. The fraction of sp³-hybridized carbons (Fsp3) is 0.333. The second-order valence-corrected chi connectivity index (χ2v) is 4.75. The van der Waals surface area contributed by atoms with E-state index in [9.17, 15) is 9.90 Å². The Kier molecular flexibility index (Phi) is 2.53. The average Bonchev–Trinajstić information content (AvgIpc) is 2.60. The van der Waals surface area contributed by atoms with Crippen molar-refractivity contribution < 1.29 is 14.6 Å². The van der Waals surface area contributed by atoms with Crippen molar-refractivity contribution >= 4 is 11.6 Å². The highest BCUT2D eigenvalue weighted by atomic mass is 16.6.